The van der Waals surface area contributed by atoms with Crippen LogP contribution in [0.3, 0.4) is 0 Å². The van der Waals surface area contributed by atoms with Gasteiger partial charge in [0.1, 0.15) is 6.61 Å². The molecule has 0 radical (unpaired) electrons. The van der Waals surface area contributed by atoms with Crippen molar-refractivity contribution in [2.45, 2.75) is 43.5 Å². The second-order valence-electron chi connectivity index (χ2n) is 5.71. The summed E-state index contributed by atoms with van der Waals surface area (Å²) in [5, 5.41) is 0. The predicted molar refractivity (Wildman–Crippen MR) is 66.3 cm³/mol. The van der Waals surface area contributed by atoms with Crippen LogP contribution in [0.4, 0.5) is 13.2 Å². The van der Waals surface area contributed by atoms with Crippen molar-refractivity contribution in [2.75, 3.05) is 33.0 Å². The zero-order chi connectivity index (χ0) is 14.6. The van der Waals surface area contributed by atoms with E-state index in [2.05, 4.69) is 4.74 Å². The summed E-state index contributed by atoms with van der Waals surface area (Å²) in [6.07, 6.45) is -1.28. The molecule has 1 spiro atoms. The first-order valence-corrected chi connectivity index (χ1v) is 7.02. The van der Waals surface area contributed by atoms with Gasteiger partial charge in [0.15, 0.2) is 0 Å². The second kappa shape index (κ2) is 6.60. The highest BCUT2D eigenvalue weighted by Crippen LogP contribution is 2.37. The van der Waals surface area contributed by atoms with Gasteiger partial charge in [0.05, 0.1) is 12.2 Å². The van der Waals surface area contributed by atoms with Gasteiger partial charge < -0.3 is 19.9 Å². The predicted octanol–water partition coefficient (Wildman–Crippen LogP) is 1.87. The molecule has 7 heteroatoms. The van der Waals surface area contributed by atoms with Crippen LogP contribution in [-0.4, -0.2) is 50.9 Å². The smallest absolute Gasteiger partial charge is 0.378 e. The standard InChI is InChI=1S/C13H22F3NO3/c14-13(15,16)9-18-4-2-11(17)10-1-5-20-12(7-10)3-6-19-8-12/h10-11H,1-9,17H2. The third kappa shape index (κ3) is 4.58. The van der Waals surface area contributed by atoms with E-state index in [9.17, 15) is 13.2 Å². The highest BCUT2D eigenvalue weighted by molar-refractivity contribution is 4.92. The summed E-state index contributed by atoms with van der Waals surface area (Å²) < 4.78 is 51.7. The van der Waals surface area contributed by atoms with E-state index in [1.54, 1.807) is 0 Å². The number of rotatable bonds is 5. The van der Waals surface area contributed by atoms with Gasteiger partial charge in [-0.15, -0.1) is 0 Å². The Kier molecular flexibility index (Phi) is 5.28. The maximum Gasteiger partial charge on any atom is 0.411 e. The van der Waals surface area contributed by atoms with Crippen molar-refractivity contribution in [1.29, 1.82) is 0 Å². The van der Waals surface area contributed by atoms with Crippen LogP contribution in [0, 0.1) is 5.92 Å². The van der Waals surface area contributed by atoms with Gasteiger partial charge in [0.2, 0.25) is 0 Å². The molecule has 2 heterocycles. The molecule has 0 amide bonds. The lowest BCUT2D eigenvalue weighted by molar-refractivity contribution is -0.174. The van der Waals surface area contributed by atoms with E-state index >= 15 is 0 Å². The fraction of sp³-hybridized carbons (Fsp3) is 1.00. The third-order valence-corrected chi connectivity index (χ3v) is 4.06. The Hall–Kier alpha value is -0.370. The number of hydrogen-bond acceptors (Lipinski definition) is 4. The van der Waals surface area contributed by atoms with E-state index in [0.29, 0.717) is 26.2 Å². The molecule has 3 atom stereocenters. The van der Waals surface area contributed by atoms with Gasteiger partial charge in [-0.1, -0.05) is 0 Å². The molecular formula is C13H22F3NO3. The highest BCUT2D eigenvalue weighted by Gasteiger charge is 2.42. The van der Waals surface area contributed by atoms with Gasteiger partial charge in [0.25, 0.3) is 0 Å². The molecule has 2 aliphatic rings. The Morgan fingerprint density at radius 2 is 2.15 bits per heavy atom. The molecule has 0 aliphatic carbocycles. The summed E-state index contributed by atoms with van der Waals surface area (Å²) in [6.45, 7) is 0.787. The molecule has 2 aliphatic heterocycles. The van der Waals surface area contributed by atoms with Crippen LogP contribution >= 0.6 is 0 Å². The summed E-state index contributed by atoms with van der Waals surface area (Å²) >= 11 is 0. The molecule has 0 aromatic rings. The van der Waals surface area contributed by atoms with Crippen LogP contribution in [-0.2, 0) is 14.2 Å². The van der Waals surface area contributed by atoms with Crippen LogP contribution in [0.25, 0.3) is 0 Å². The summed E-state index contributed by atoms with van der Waals surface area (Å²) in [4.78, 5) is 0. The summed E-state index contributed by atoms with van der Waals surface area (Å²) in [5.74, 6) is 0.264. The quantitative estimate of drug-likeness (QED) is 0.787. The van der Waals surface area contributed by atoms with Crippen LogP contribution in [0.15, 0.2) is 0 Å². The van der Waals surface area contributed by atoms with Crippen LogP contribution < -0.4 is 5.73 Å². The largest absolute Gasteiger partial charge is 0.411 e. The van der Waals surface area contributed by atoms with Crippen LogP contribution in [0.2, 0.25) is 0 Å². The van der Waals surface area contributed by atoms with Gasteiger partial charge in [-0.3, -0.25) is 0 Å². The third-order valence-electron chi connectivity index (χ3n) is 4.06. The lowest BCUT2D eigenvalue weighted by Crippen LogP contribution is -2.46. The molecule has 2 rings (SSSR count). The van der Waals surface area contributed by atoms with Crippen molar-refractivity contribution in [2.24, 2.45) is 11.7 Å². The lowest BCUT2D eigenvalue weighted by Gasteiger charge is -2.39. The van der Waals surface area contributed by atoms with E-state index in [4.69, 9.17) is 15.2 Å². The Balaban J connectivity index is 1.70. The molecule has 118 valence electrons. The van der Waals surface area contributed by atoms with E-state index in [-0.39, 0.29) is 24.2 Å². The molecule has 20 heavy (non-hydrogen) atoms. The first-order chi connectivity index (χ1) is 9.40. The Labute approximate surface area is 116 Å². The Morgan fingerprint density at radius 1 is 1.35 bits per heavy atom. The average molecular weight is 297 g/mol. The maximum atomic E-state index is 11.9. The average Bonchev–Trinajstić information content (AvgIpc) is 2.81. The van der Waals surface area contributed by atoms with Crippen molar-refractivity contribution in [1.82, 2.24) is 0 Å². The number of halogens is 3. The van der Waals surface area contributed by atoms with Crippen LogP contribution in [0.1, 0.15) is 25.7 Å². The number of hydrogen-bond donors (Lipinski definition) is 1. The van der Waals surface area contributed by atoms with Crippen molar-refractivity contribution < 1.29 is 27.4 Å². The van der Waals surface area contributed by atoms with E-state index in [0.717, 1.165) is 19.3 Å². The van der Waals surface area contributed by atoms with Gasteiger partial charge >= 0.3 is 6.18 Å². The molecular weight excluding hydrogens is 275 g/mol. The first-order valence-electron chi connectivity index (χ1n) is 7.02. The van der Waals surface area contributed by atoms with E-state index in [1.165, 1.54) is 0 Å². The van der Waals surface area contributed by atoms with E-state index in [1.807, 2.05) is 0 Å². The van der Waals surface area contributed by atoms with Gasteiger partial charge in [-0.2, -0.15) is 13.2 Å². The monoisotopic (exact) mass is 297 g/mol. The molecule has 0 aromatic carbocycles. The molecule has 0 aromatic heterocycles. The highest BCUT2D eigenvalue weighted by atomic mass is 19.4. The van der Waals surface area contributed by atoms with Crippen molar-refractivity contribution >= 4 is 0 Å². The summed E-state index contributed by atoms with van der Waals surface area (Å²) in [7, 11) is 0. The molecule has 0 bridgehead atoms. The van der Waals surface area contributed by atoms with Crippen molar-refractivity contribution in [3.63, 3.8) is 0 Å². The zero-order valence-electron chi connectivity index (χ0n) is 11.5. The second-order valence-corrected chi connectivity index (χ2v) is 5.71. The minimum Gasteiger partial charge on any atom is -0.378 e. The zero-order valence-corrected chi connectivity index (χ0v) is 11.5. The fourth-order valence-corrected chi connectivity index (χ4v) is 2.94. The Bertz CT molecular complexity index is 306. The summed E-state index contributed by atoms with van der Waals surface area (Å²) in [5.41, 5.74) is 5.88. The fourth-order valence-electron chi connectivity index (χ4n) is 2.94. The molecule has 2 fully saturated rings. The number of alkyl halides is 3. The number of nitrogens with two attached hydrogens (primary N) is 1. The molecule has 2 saturated heterocycles. The molecule has 4 nitrogen and oxygen atoms in total. The molecule has 0 saturated carbocycles. The van der Waals surface area contributed by atoms with Gasteiger partial charge in [-0.25, -0.2) is 0 Å². The Morgan fingerprint density at radius 3 is 2.80 bits per heavy atom. The maximum absolute atomic E-state index is 11.9. The minimum atomic E-state index is -4.27. The van der Waals surface area contributed by atoms with E-state index < -0.39 is 12.8 Å². The molecule has 3 unspecified atom stereocenters. The van der Waals surface area contributed by atoms with Gasteiger partial charge in [0, 0.05) is 32.3 Å². The number of ether oxygens (including phenoxy) is 3. The van der Waals surface area contributed by atoms with Crippen molar-refractivity contribution in [3.05, 3.63) is 0 Å². The first kappa shape index (κ1) is 16.0. The SMILES string of the molecule is NC(CCOCC(F)(F)F)C1CCOC2(CCOC2)C1. The van der Waals surface area contributed by atoms with Gasteiger partial charge in [-0.05, 0) is 25.2 Å². The minimum absolute atomic E-state index is 0.0432. The van der Waals surface area contributed by atoms with Crippen LogP contribution in [0.5, 0.6) is 0 Å². The topological polar surface area (TPSA) is 53.7 Å². The normalized spacial score (nSPS) is 32.7. The van der Waals surface area contributed by atoms with Crippen molar-refractivity contribution in [3.8, 4) is 0 Å². The lowest BCUT2D eigenvalue weighted by atomic mass is 9.80. The molecule has 2 N–H and O–H groups in total. The summed E-state index contributed by atoms with van der Waals surface area (Å²) in [6, 6.07) is -0.149.